The molecule has 224 valence electrons. The van der Waals surface area contributed by atoms with Crippen LogP contribution in [-0.4, -0.2) is 85.2 Å². The summed E-state index contributed by atoms with van der Waals surface area (Å²) in [6, 6.07) is 0. The van der Waals surface area contributed by atoms with Gasteiger partial charge in [-0.1, -0.05) is 19.9 Å². The van der Waals surface area contributed by atoms with Crippen molar-refractivity contribution in [2.75, 3.05) is 13.2 Å². The largest absolute Gasteiger partial charge is 0.386 e. The molecule has 4 fully saturated rings. The molecule has 5 aliphatic rings. The van der Waals surface area contributed by atoms with E-state index in [1.165, 1.54) is 0 Å². The van der Waals surface area contributed by atoms with Crippen molar-refractivity contribution in [3.63, 3.8) is 0 Å². The van der Waals surface area contributed by atoms with E-state index >= 15 is 0 Å². The Labute approximate surface area is 233 Å². The van der Waals surface area contributed by atoms with Crippen LogP contribution < -0.4 is 0 Å². The number of aliphatic hydroxyl groups excluding tert-OH is 1. The Morgan fingerprint density at radius 1 is 0.692 bits per heavy atom. The van der Waals surface area contributed by atoms with E-state index in [-0.39, 0.29) is 54.1 Å². The van der Waals surface area contributed by atoms with Crippen LogP contribution >= 0.6 is 0 Å². The smallest absolute Gasteiger partial charge is 0.177 e. The number of aliphatic hydroxyl groups is 1. The lowest BCUT2D eigenvalue weighted by atomic mass is 9.81. The number of ether oxygens (including phenoxy) is 8. The van der Waals surface area contributed by atoms with Crippen LogP contribution in [-0.2, 0) is 37.9 Å². The molecule has 1 spiro atoms. The Balaban J connectivity index is 1.03. The molecule has 9 heteroatoms. The van der Waals surface area contributed by atoms with Crippen LogP contribution in [0.3, 0.4) is 0 Å². The number of hydrogen-bond donors (Lipinski definition) is 1. The van der Waals surface area contributed by atoms with Crippen LogP contribution in [0, 0.1) is 5.41 Å². The van der Waals surface area contributed by atoms with Gasteiger partial charge in [-0.25, -0.2) is 0 Å². The van der Waals surface area contributed by atoms with Crippen molar-refractivity contribution in [1.82, 2.24) is 0 Å². The zero-order valence-electron chi connectivity index (χ0n) is 24.6. The minimum Gasteiger partial charge on any atom is -0.386 e. The molecule has 1 N–H and O–H groups in total. The molecule has 4 aliphatic heterocycles. The maximum Gasteiger partial charge on any atom is 0.177 e. The molecule has 39 heavy (non-hydrogen) atoms. The Morgan fingerprint density at radius 3 is 1.90 bits per heavy atom. The Hall–Kier alpha value is -0.620. The highest BCUT2D eigenvalue weighted by Gasteiger charge is 2.48. The number of rotatable bonds is 6. The summed E-state index contributed by atoms with van der Waals surface area (Å²) in [5, 5.41) is 9.80. The normalized spacial score (nSPS) is 43.8. The molecule has 0 radical (unpaired) electrons. The standard InChI is InChI=1S/C30H50O9/c1-19-22(31)7-10-25(34-19)37-23-8-11-26(35-20(23)2)38-24-9-12-27(36-21(24)3)39-29(6)13-15-30(16-14-29)32-17-28(4,5)18-33-30/h7,10,19-27,31H,8-9,11-18H2,1-6H3/t19-,20-,21-,22?,23-,24-,25-,26-,27-/m0/s1. The quantitative estimate of drug-likeness (QED) is 0.473. The summed E-state index contributed by atoms with van der Waals surface area (Å²) in [6.07, 6.45) is 7.96. The summed E-state index contributed by atoms with van der Waals surface area (Å²) >= 11 is 0. The lowest BCUT2D eigenvalue weighted by molar-refractivity contribution is -0.335. The predicted octanol–water partition coefficient (Wildman–Crippen LogP) is 4.59. The van der Waals surface area contributed by atoms with Crippen LogP contribution in [0.25, 0.3) is 0 Å². The van der Waals surface area contributed by atoms with Crippen molar-refractivity contribution in [3.8, 4) is 0 Å². The molecular weight excluding hydrogens is 504 g/mol. The molecule has 9 atom stereocenters. The van der Waals surface area contributed by atoms with Gasteiger partial charge >= 0.3 is 0 Å². The molecule has 0 amide bonds. The van der Waals surface area contributed by atoms with Gasteiger partial charge in [-0.15, -0.1) is 0 Å². The first-order chi connectivity index (χ1) is 18.4. The Bertz CT molecular complexity index is 826. The molecule has 1 saturated carbocycles. The molecule has 0 aromatic rings. The van der Waals surface area contributed by atoms with E-state index in [4.69, 9.17) is 37.9 Å². The highest BCUT2D eigenvalue weighted by molar-refractivity contribution is 4.99. The van der Waals surface area contributed by atoms with E-state index in [0.717, 1.165) is 64.6 Å². The third kappa shape index (κ3) is 7.43. The molecule has 0 aromatic heterocycles. The summed E-state index contributed by atoms with van der Waals surface area (Å²) in [5.74, 6) is -0.444. The van der Waals surface area contributed by atoms with Gasteiger partial charge in [0.25, 0.3) is 0 Å². The van der Waals surface area contributed by atoms with E-state index in [9.17, 15) is 5.11 Å². The fourth-order valence-corrected chi connectivity index (χ4v) is 6.17. The van der Waals surface area contributed by atoms with E-state index in [2.05, 4.69) is 27.7 Å². The van der Waals surface area contributed by atoms with Gasteiger partial charge in [-0.05, 0) is 59.5 Å². The Morgan fingerprint density at radius 2 is 1.28 bits per heavy atom. The van der Waals surface area contributed by atoms with Crippen molar-refractivity contribution < 1.29 is 43.0 Å². The van der Waals surface area contributed by atoms with Crippen molar-refractivity contribution in [2.24, 2.45) is 5.41 Å². The fourth-order valence-electron chi connectivity index (χ4n) is 6.17. The van der Waals surface area contributed by atoms with Crippen LogP contribution in [0.5, 0.6) is 0 Å². The van der Waals surface area contributed by atoms with Gasteiger partial charge in [0.05, 0.1) is 55.4 Å². The van der Waals surface area contributed by atoms with Crippen LogP contribution in [0.4, 0.5) is 0 Å². The SMILES string of the molecule is C[C@@H]1O[C@@H](O[C@H]2CC[C@H](O[C@H]3CC[C@H](OC4(C)CCC5(CC4)OCC(C)(C)CO5)O[C@H]3C)O[C@H]2C)C=CC1O. The van der Waals surface area contributed by atoms with Gasteiger partial charge in [-0.2, -0.15) is 0 Å². The van der Waals surface area contributed by atoms with Crippen LogP contribution in [0.2, 0.25) is 0 Å². The third-order valence-corrected chi connectivity index (χ3v) is 9.02. The summed E-state index contributed by atoms with van der Waals surface area (Å²) < 4.78 is 49.7. The fraction of sp³-hybridized carbons (Fsp3) is 0.933. The lowest BCUT2D eigenvalue weighted by Gasteiger charge is -2.50. The van der Waals surface area contributed by atoms with Gasteiger partial charge < -0.3 is 43.0 Å². The topological polar surface area (TPSA) is 94.1 Å². The van der Waals surface area contributed by atoms with E-state index < -0.39 is 18.2 Å². The molecule has 5 rings (SSSR count). The first kappa shape index (κ1) is 29.9. The second-order valence-electron chi connectivity index (χ2n) is 13.4. The highest BCUT2D eigenvalue weighted by Crippen LogP contribution is 2.45. The van der Waals surface area contributed by atoms with Gasteiger partial charge in [-0.3, -0.25) is 0 Å². The summed E-state index contributed by atoms with van der Waals surface area (Å²) in [4.78, 5) is 0. The molecule has 0 aromatic carbocycles. The van der Waals surface area contributed by atoms with Crippen LogP contribution in [0.15, 0.2) is 12.2 Å². The zero-order valence-corrected chi connectivity index (χ0v) is 24.6. The Kier molecular flexibility index (Phi) is 9.14. The lowest BCUT2D eigenvalue weighted by Crippen LogP contribution is -2.53. The highest BCUT2D eigenvalue weighted by atomic mass is 16.7. The van der Waals surface area contributed by atoms with Gasteiger partial charge in [0.15, 0.2) is 24.7 Å². The predicted molar refractivity (Wildman–Crippen MR) is 143 cm³/mol. The first-order valence-corrected chi connectivity index (χ1v) is 15.0. The second-order valence-corrected chi connectivity index (χ2v) is 13.4. The monoisotopic (exact) mass is 554 g/mol. The van der Waals surface area contributed by atoms with Crippen molar-refractivity contribution in [1.29, 1.82) is 0 Å². The minimum atomic E-state index is -0.594. The van der Waals surface area contributed by atoms with E-state index in [1.807, 2.05) is 13.8 Å². The molecule has 0 bridgehead atoms. The molecule has 9 nitrogen and oxygen atoms in total. The van der Waals surface area contributed by atoms with Gasteiger partial charge in [0, 0.05) is 31.1 Å². The average Bonchev–Trinajstić information content (AvgIpc) is 2.88. The van der Waals surface area contributed by atoms with Crippen LogP contribution in [0.1, 0.15) is 92.9 Å². The second kappa shape index (κ2) is 11.9. The summed E-state index contributed by atoms with van der Waals surface area (Å²) in [7, 11) is 0. The average molecular weight is 555 g/mol. The molecule has 4 heterocycles. The van der Waals surface area contributed by atoms with Crippen molar-refractivity contribution in [2.45, 2.75) is 160 Å². The maximum atomic E-state index is 9.80. The van der Waals surface area contributed by atoms with E-state index in [0.29, 0.717) is 0 Å². The van der Waals surface area contributed by atoms with Crippen molar-refractivity contribution >= 4 is 0 Å². The third-order valence-electron chi connectivity index (χ3n) is 9.02. The minimum absolute atomic E-state index is 0.0405. The first-order valence-electron chi connectivity index (χ1n) is 15.0. The molecular formula is C30H50O9. The van der Waals surface area contributed by atoms with Gasteiger partial charge in [0.2, 0.25) is 0 Å². The molecule has 1 unspecified atom stereocenters. The summed E-state index contributed by atoms with van der Waals surface area (Å²) in [5.41, 5.74) is -0.165. The van der Waals surface area contributed by atoms with Gasteiger partial charge in [0.1, 0.15) is 0 Å². The van der Waals surface area contributed by atoms with E-state index in [1.54, 1.807) is 12.2 Å². The number of hydrogen-bond acceptors (Lipinski definition) is 9. The maximum absolute atomic E-state index is 9.80. The molecule has 3 saturated heterocycles. The zero-order chi connectivity index (χ0) is 27.8. The summed E-state index contributed by atoms with van der Waals surface area (Å²) in [6.45, 7) is 13.9. The molecule has 1 aliphatic carbocycles. The van der Waals surface area contributed by atoms with Crippen molar-refractivity contribution in [3.05, 3.63) is 12.2 Å².